The van der Waals surface area contributed by atoms with Crippen LogP contribution in [0.25, 0.3) is 10.7 Å². The third-order valence-electron chi connectivity index (χ3n) is 5.76. The maximum absolute atomic E-state index is 14.3. The lowest BCUT2D eigenvalue weighted by atomic mass is 9.66. The molecule has 0 aliphatic heterocycles. The van der Waals surface area contributed by atoms with Crippen LogP contribution in [0, 0.1) is 5.82 Å². The van der Waals surface area contributed by atoms with Gasteiger partial charge in [0.1, 0.15) is 22.3 Å². The molecule has 3 heterocycles. The number of thiazole rings is 1. The molecule has 32 heavy (non-hydrogen) atoms. The zero-order valence-corrected chi connectivity index (χ0v) is 18.2. The van der Waals surface area contributed by atoms with Crippen molar-refractivity contribution in [3.8, 4) is 10.7 Å². The van der Waals surface area contributed by atoms with E-state index in [1.54, 1.807) is 24.4 Å². The summed E-state index contributed by atoms with van der Waals surface area (Å²) < 4.78 is 14.3. The van der Waals surface area contributed by atoms with E-state index in [0.717, 1.165) is 19.3 Å². The monoisotopic (exact) mass is 457 g/mol. The summed E-state index contributed by atoms with van der Waals surface area (Å²) in [6.45, 7) is 0.152. The molecule has 168 valence electrons. The highest BCUT2D eigenvalue weighted by molar-refractivity contribution is 7.16. The topological polar surface area (TPSA) is 121 Å². The van der Waals surface area contributed by atoms with E-state index < -0.39 is 6.10 Å². The van der Waals surface area contributed by atoms with Gasteiger partial charge in [0, 0.05) is 30.8 Å². The number of anilines is 1. The second-order valence-electron chi connectivity index (χ2n) is 7.95. The molecule has 1 aliphatic rings. The number of ketones is 1. The normalized spacial score (nSPS) is 15.7. The summed E-state index contributed by atoms with van der Waals surface area (Å²) in [5, 5.41) is 30.5. The van der Waals surface area contributed by atoms with Gasteiger partial charge in [0.15, 0.2) is 5.78 Å². The summed E-state index contributed by atoms with van der Waals surface area (Å²) in [5.41, 5.74) is 0.707. The third kappa shape index (κ3) is 4.82. The summed E-state index contributed by atoms with van der Waals surface area (Å²) >= 11 is 1.21. The van der Waals surface area contributed by atoms with Crippen molar-refractivity contribution in [1.82, 2.24) is 20.2 Å². The number of Topliss-reactive ketones (excluding diaryl/α,β-unsaturated/α-hetero) is 1. The van der Waals surface area contributed by atoms with Crippen LogP contribution >= 0.6 is 11.3 Å². The van der Waals surface area contributed by atoms with Crippen LogP contribution in [0.2, 0.25) is 0 Å². The summed E-state index contributed by atoms with van der Waals surface area (Å²) in [7, 11) is 0. The van der Waals surface area contributed by atoms with E-state index in [1.807, 2.05) is 0 Å². The predicted octanol–water partition coefficient (Wildman–Crippen LogP) is 2.98. The molecule has 0 bridgehead atoms. The standard InChI is InChI=1S/C22H24FN5O3S/c23-15-3-1-10-24-20(15)22(8-2-9-22)13-26-19-7-5-16(27-28-19)21-25-11-18(32-21)17(31)6-4-14(30)12-29/h1,3,5,7,10-11,14,29-30H,2,4,6,8-9,12-13H2,(H,26,28)/t14-/m1/s1. The van der Waals surface area contributed by atoms with Crippen LogP contribution in [-0.2, 0) is 5.41 Å². The van der Waals surface area contributed by atoms with Gasteiger partial charge in [-0.2, -0.15) is 0 Å². The van der Waals surface area contributed by atoms with Crippen molar-refractivity contribution in [2.45, 2.75) is 43.6 Å². The van der Waals surface area contributed by atoms with E-state index in [9.17, 15) is 14.3 Å². The number of aliphatic hydroxyl groups is 2. The number of pyridine rings is 1. The number of aromatic nitrogens is 4. The second kappa shape index (κ2) is 9.76. The minimum atomic E-state index is -0.898. The van der Waals surface area contributed by atoms with Crippen molar-refractivity contribution in [2.75, 3.05) is 18.5 Å². The van der Waals surface area contributed by atoms with Crippen LogP contribution in [0.4, 0.5) is 10.2 Å². The van der Waals surface area contributed by atoms with Crippen LogP contribution in [-0.4, -0.2) is 55.4 Å². The number of halogens is 1. The molecule has 0 unspecified atom stereocenters. The SMILES string of the molecule is O=C(CC[C@@H](O)CO)c1cnc(-c2ccc(NCC3(c4ncccc4F)CCC3)nn2)s1. The first kappa shape index (κ1) is 22.4. The molecule has 3 N–H and O–H groups in total. The fourth-order valence-corrected chi connectivity index (χ4v) is 4.56. The largest absolute Gasteiger partial charge is 0.394 e. The van der Waals surface area contributed by atoms with Crippen molar-refractivity contribution in [3.63, 3.8) is 0 Å². The van der Waals surface area contributed by atoms with Gasteiger partial charge in [0.25, 0.3) is 0 Å². The molecule has 3 aromatic heterocycles. The van der Waals surface area contributed by atoms with E-state index >= 15 is 0 Å². The highest BCUT2D eigenvalue weighted by Crippen LogP contribution is 2.43. The molecular formula is C22H24FN5O3S. The maximum atomic E-state index is 14.3. The number of nitrogens with zero attached hydrogens (tertiary/aromatic N) is 4. The van der Waals surface area contributed by atoms with Crippen molar-refractivity contribution in [1.29, 1.82) is 0 Å². The van der Waals surface area contributed by atoms with Crippen molar-refractivity contribution in [2.24, 2.45) is 0 Å². The van der Waals surface area contributed by atoms with E-state index in [4.69, 9.17) is 5.11 Å². The van der Waals surface area contributed by atoms with E-state index in [2.05, 4.69) is 25.5 Å². The quantitative estimate of drug-likeness (QED) is 0.397. The van der Waals surface area contributed by atoms with Gasteiger partial charge in [0.2, 0.25) is 0 Å². The number of rotatable bonds is 10. The smallest absolute Gasteiger partial charge is 0.174 e. The number of hydrogen-bond acceptors (Lipinski definition) is 9. The van der Waals surface area contributed by atoms with E-state index in [-0.39, 0.29) is 36.5 Å². The van der Waals surface area contributed by atoms with Crippen molar-refractivity contribution >= 4 is 22.9 Å². The molecular weight excluding hydrogens is 433 g/mol. The maximum Gasteiger partial charge on any atom is 0.174 e. The molecule has 8 nitrogen and oxygen atoms in total. The lowest BCUT2D eigenvalue weighted by Crippen LogP contribution is -2.42. The van der Waals surface area contributed by atoms with Crippen molar-refractivity contribution in [3.05, 3.63) is 53.0 Å². The lowest BCUT2D eigenvalue weighted by Gasteiger charge is -2.41. The third-order valence-corrected chi connectivity index (χ3v) is 6.82. The Hall–Kier alpha value is -2.82. The van der Waals surface area contributed by atoms with Gasteiger partial charge in [-0.3, -0.25) is 9.78 Å². The van der Waals surface area contributed by atoms with Crippen molar-refractivity contribution < 1.29 is 19.4 Å². The van der Waals surface area contributed by atoms with Crippen LogP contribution in [0.3, 0.4) is 0 Å². The minimum absolute atomic E-state index is 0.135. The minimum Gasteiger partial charge on any atom is -0.394 e. The first-order chi connectivity index (χ1) is 15.5. The molecule has 10 heteroatoms. The Morgan fingerprint density at radius 3 is 2.75 bits per heavy atom. The molecule has 0 radical (unpaired) electrons. The zero-order valence-electron chi connectivity index (χ0n) is 17.4. The number of nitrogens with one attached hydrogen (secondary N) is 1. The van der Waals surface area contributed by atoms with Gasteiger partial charge in [-0.1, -0.05) is 6.42 Å². The molecule has 0 spiro atoms. The van der Waals surface area contributed by atoms with Gasteiger partial charge < -0.3 is 15.5 Å². The Morgan fingerprint density at radius 2 is 2.09 bits per heavy atom. The summed E-state index contributed by atoms with van der Waals surface area (Å²) in [6, 6.07) is 6.59. The molecule has 1 atom stereocenters. The Morgan fingerprint density at radius 1 is 1.25 bits per heavy atom. The summed E-state index contributed by atoms with van der Waals surface area (Å²) in [4.78, 5) is 21.2. The van der Waals surface area contributed by atoms with Crippen LogP contribution in [0.1, 0.15) is 47.5 Å². The fourth-order valence-electron chi connectivity index (χ4n) is 3.71. The molecule has 1 aliphatic carbocycles. The number of aliphatic hydroxyl groups excluding tert-OH is 2. The van der Waals surface area contributed by atoms with Crippen LogP contribution in [0.5, 0.6) is 0 Å². The molecule has 0 aromatic carbocycles. The van der Waals surface area contributed by atoms with Gasteiger partial charge >= 0.3 is 0 Å². The predicted molar refractivity (Wildman–Crippen MR) is 118 cm³/mol. The average molecular weight is 458 g/mol. The zero-order chi connectivity index (χ0) is 22.6. The van der Waals surface area contributed by atoms with Crippen LogP contribution < -0.4 is 5.32 Å². The van der Waals surface area contributed by atoms with Gasteiger partial charge in [-0.15, -0.1) is 21.5 Å². The molecule has 4 rings (SSSR count). The molecule has 3 aromatic rings. The Bertz CT molecular complexity index is 1070. The van der Waals surface area contributed by atoms with Crippen LogP contribution in [0.15, 0.2) is 36.7 Å². The summed E-state index contributed by atoms with van der Waals surface area (Å²) in [5.74, 6) is 0.151. The Labute approximate surface area is 188 Å². The summed E-state index contributed by atoms with van der Waals surface area (Å²) in [6.07, 6.45) is 5.31. The number of hydrogen-bond donors (Lipinski definition) is 3. The molecule has 0 saturated heterocycles. The highest BCUT2D eigenvalue weighted by Gasteiger charge is 2.41. The molecule has 1 fully saturated rings. The molecule has 0 amide bonds. The van der Waals surface area contributed by atoms with Gasteiger partial charge in [-0.05, 0) is 43.5 Å². The van der Waals surface area contributed by atoms with E-state index in [0.29, 0.717) is 33.6 Å². The lowest BCUT2D eigenvalue weighted by molar-refractivity contribution is 0.0781. The highest BCUT2D eigenvalue weighted by atomic mass is 32.1. The Kier molecular flexibility index (Phi) is 6.83. The first-order valence-electron chi connectivity index (χ1n) is 10.5. The second-order valence-corrected chi connectivity index (χ2v) is 8.98. The van der Waals surface area contributed by atoms with Gasteiger partial charge in [0.05, 0.1) is 23.3 Å². The number of carbonyl (C=O) groups is 1. The Balaban J connectivity index is 1.38. The molecule has 1 saturated carbocycles. The van der Waals surface area contributed by atoms with E-state index in [1.165, 1.54) is 23.6 Å². The average Bonchev–Trinajstić information content (AvgIpc) is 3.28. The first-order valence-corrected chi connectivity index (χ1v) is 11.3. The number of carbonyl (C=O) groups excluding carboxylic acids is 1. The fraction of sp³-hybridized carbons (Fsp3) is 0.409. The van der Waals surface area contributed by atoms with Gasteiger partial charge in [-0.25, -0.2) is 9.37 Å².